The van der Waals surface area contributed by atoms with E-state index in [1.807, 2.05) is 0 Å². The molecule has 0 saturated carbocycles. The summed E-state index contributed by atoms with van der Waals surface area (Å²) in [5.74, 6) is -1.06. The second-order valence-electron chi connectivity index (χ2n) is 4.43. The SMILES string of the molecule is CCOC(=O)C(C)NC(=O)C1CCCN1C(=O)CN.Cl. The van der Waals surface area contributed by atoms with E-state index in [4.69, 9.17) is 10.5 Å². The van der Waals surface area contributed by atoms with Crippen LogP contribution in [0.5, 0.6) is 0 Å². The van der Waals surface area contributed by atoms with Crippen molar-refractivity contribution in [1.29, 1.82) is 0 Å². The Morgan fingerprint density at radius 3 is 2.65 bits per heavy atom. The van der Waals surface area contributed by atoms with Gasteiger partial charge in [0.1, 0.15) is 12.1 Å². The summed E-state index contributed by atoms with van der Waals surface area (Å²) >= 11 is 0. The lowest BCUT2D eigenvalue weighted by Crippen LogP contribution is -2.51. The number of hydrogen-bond acceptors (Lipinski definition) is 5. The van der Waals surface area contributed by atoms with Crippen LogP contribution in [-0.2, 0) is 19.1 Å². The lowest BCUT2D eigenvalue weighted by molar-refractivity contribution is -0.147. The Bertz CT molecular complexity index is 365. The third-order valence-corrected chi connectivity index (χ3v) is 3.05. The molecule has 1 aliphatic heterocycles. The van der Waals surface area contributed by atoms with E-state index in [2.05, 4.69) is 5.32 Å². The van der Waals surface area contributed by atoms with Gasteiger partial charge in [0.05, 0.1) is 13.2 Å². The Labute approximate surface area is 124 Å². The predicted octanol–water partition coefficient (Wildman–Crippen LogP) is -0.574. The number of nitrogens with one attached hydrogen (secondary N) is 1. The Morgan fingerprint density at radius 1 is 1.45 bits per heavy atom. The quantitative estimate of drug-likeness (QED) is 0.662. The summed E-state index contributed by atoms with van der Waals surface area (Å²) in [7, 11) is 0. The van der Waals surface area contributed by atoms with Crippen molar-refractivity contribution >= 4 is 30.2 Å². The van der Waals surface area contributed by atoms with Crippen LogP contribution in [0.4, 0.5) is 0 Å². The van der Waals surface area contributed by atoms with Crippen molar-refractivity contribution in [2.24, 2.45) is 5.73 Å². The van der Waals surface area contributed by atoms with Gasteiger partial charge in [-0.3, -0.25) is 9.59 Å². The van der Waals surface area contributed by atoms with Gasteiger partial charge in [-0.15, -0.1) is 12.4 Å². The first kappa shape index (κ1) is 18.7. The van der Waals surface area contributed by atoms with Crippen LogP contribution in [0.25, 0.3) is 0 Å². The molecule has 8 heteroatoms. The molecular formula is C12H22ClN3O4. The van der Waals surface area contributed by atoms with Crippen LogP contribution < -0.4 is 11.1 Å². The van der Waals surface area contributed by atoms with Crippen LogP contribution in [0.2, 0.25) is 0 Å². The summed E-state index contributed by atoms with van der Waals surface area (Å²) in [6, 6.07) is -1.25. The standard InChI is InChI=1S/C12H21N3O4.ClH/c1-3-19-12(18)8(2)14-11(17)9-5-4-6-15(9)10(16)7-13;/h8-9H,3-7,13H2,1-2H3,(H,14,17);1H. The van der Waals surface area contributed by atoms with Gasteiger partial charge in [-0.05, 0) is 26.7 Å². The van der Waals surface area contributed by atoms with Gasteiger partial charge in [-0.2, -0.15) is 0 Å². The minimum atomic E-state index is -0.720. The molecule has 2 amide bonds. The maximum atomic E-state index is 12.0. The van der Waals surface area contributed by atoms with Crippen LogP contribution in [0.3, 0.4) is 0 Å². The number of halogens is 1. The second kappa shape index (κ2) is 8.76. The van der Waals surface area contributed by atoms with Gasteiger partial charge in [0.2, 0.25) is 11.8 Å². The van der Waals surface area contributed by atoms with Crippen molar-refractivity contribution < 1.29 is 19.1 Å². The van der Waals surface area contributed by atoms with E-state index in [1.54, 1.807) is 13.8 Å². The van der Waals surface area contributed by atoms with Gasteiger partial charge in [-0.1, -0.05) is 0 Å². The topological polar surface area (TPSA) is 102 Å². The molecule has 0 aromatic heterocycles. The summed E-state index contributed by atoms with van der Waals surface area (Å²) in [5, 5.41) is 2.57. The van der Waals surface area contributed by atoms with Gasteiger partial charge in [0.25, 0.3) is 0 Å². The fraction of sp³-hybridized carbons (Fsp3) is 0.750. The predicted molar refractivity (Wildman–Crippen MR) is 75.3 cm³/mol. The molecule has 0 radical (unpaired) electrons. The third-order valence-electron chi connectivity index (χ3n) is 3.05. The lowest BCUT2D eigenvalue weighted by Gasteiger charge is -2.24. The van der Waals surface area contributed by atoms with E-state index in [-0.39, 0.29) is 37.4 Å². The van der Waals surface area contributed by atoms with Crippen molar-refractivity contribution in [3.05, 3.63) is 0 Å². The number of rotatable bonds is 5. The summed E-state index contributed by atoms with van der Waals surface area (Å²) < 4.78 is 4.81. The Morgan fingerprint density at radius 2 is 2.10 bits per heavy atom. The molecule has 1 fully saturated rings. The number of likely N-dealkylation sites (tertiary alicyclic amines) is 1. The molecule has 20 heavy (non-hydrogen) atoms. The Kier molecular flexibility index (Phi) is 8.17. The van der Waals surface area contributed by atoms with Crippen LogP contribution in [0, 0.1) is 0 Å². The normalized spacial score (nSPS) is 18.9. The van der Waals surface area contributed by atoms with Crippen LogP contribution in [0.15, 0.2) is 0 Å². The van der Waals surface area contributed by atoms with E-state index >= 15 is 0 Å². The fourth-order valence-electron chi connectivity index (χ4n) is 2.09. The first-order valence-electron chi connectivity index (χ1n) is 6.47. The zero-order chi connectivity index (χ0) is 14.4. The van der Waals surface area contributed by atoms with E-state index in [9.17, 15) is 14.4 Å². The molecule has 0 aromatic rings. The second-order valence-corrected chi connectivity index (χ2v) is 4.43. The maximum absolute atomic E-state index is 12.0. The molecule has 0 bridgehead atoms. The highest BCUT2D eigenvalue weighted by molar-refractivity contribution is 5.91. The maximum Gasteiger partial charge on any atom is 0.328 e. The van der Waals surface area contributed by atoms with Crippen molar-refractivity contribution in [1.82, 2.24) is 10.2 Å². The molecule has 0 aliphatic carbocycles. The van der Waals surface area contributed by atoms with E-state index in [0.29, 0.717) is 13.0 Å². The Hall–Kier alpha value is -1.34. The first-order valence-corrected chi connectivity index (χ1v) is 6.47. The molecule has 0 spiro atoms. The van der Waals surface area contributed by atoms with Gasteiger partial charge in [0, 0.05) is 6.54 Å². The highest BCUT2D eigenvalue weighted by atomic mass is 35.5. The average molecular weight is 308 g/mol. The van der Waals surface area contributed by atoms with Crippen LogP contribution >= 0.6 is 12.4 Å². The molecular weight excluding hydrogens is 286 g/mol. The van der Waals surface area contributed by atoms with Crippen molar-refractivity contribution in [3.63, 3.8) is 0 Å². The van der Waals surface area contributed by atoms with Gasteiger partial charge >= 0.3 is 5.97 Å². The number of esters is 1. The highest BCUT2D eigenvalue weighted by Crippen LogP contribution is 2.17. The molecule has 3 N–H and O–H groups in total. The zero-order valence-corrected chi connectivity index (χ0v) is 12.6. The van der Waals surface area contributed by atoms with E-state index in [1.165, 1.54) is 4.90 Å². The monoisotopic (exact) mass is 307 g/mol. The van der Waals surface area contributed by atoms with E-state index in [0.717, 1.165) is 6.42 Å². The summed E-state index contributed by atoms with van der Waals surface area (Å²) in [6.45, 7) is 3.93. The summed E-state index contributed by atoms with van der Waals surface area (Å²) in [4.78, 5) is 36.5. The summed E-state index contributed by atoms with van der Waals surface area (Å²) in [5.41, 5.74) is 5.31. The molecule has 0 aromatic carbocycles. The van der Waals surface area contributed by atoms with Crippen molar-refractivity contribution in [2.75, 3.05) is 19.7 Å². The number of carbonyl (C=O) groups is 3. The number of nitrogens with zero attached hydrogens (tertiary/aromatic N) is 1. The summed E-state index contributed by atoms with van der Waals surface area (Å²) in [6.07, 6.45) is 1.35. The number of ether oxygens (including phenoxy) is 1. The number of amides is 2. The first-order chi connectivity index (χ1) is 9.01. The van der Waals surface area contributed by atoms with Crippen LogP contribution in [-0.4, -0.2) is 54.5 Å². The molecule has 1 saturated heterocycles. The number of nitrogens with two attached hydrogens (primary N) is 1. The van der Waals surface area contributed by atoms with Crippen molar-refractivity contribution in [3.8, 4) is 0 Å². The molecule has 7 nitrogen and oxygen atoms in total. The van der Waals surface area contributed by atoms with Crippen molar-refractivity contribution in [2.45, 2.75) is 38.8 Å². The Balaban J connectivity index is 0.00000361. The van der Waals surface area contributed by atoms with E-state index < -0.39 is 18.1 Å². The third kappa shape index (κ3) is 4.64. The molecule has 2 unspecified atom stereocenters. The van der Waals surface area contributed by atoms with Crippen LogP contribution in [0.1, 0.15) is 26.7 Å². The minimum absolute atomic E-state index is 0. The highest BCUT2D eigenvalue weighted by Gasteiger charge is 2.34. The van der Waals surface area contributed by atoms with Gasteiger partial charge in [0.15, 0.2) is 0 Å². The average Bonchev–Trinajstić information content (AvgIpc) is 2.87. The fourth-order valence-corrected chi connectivity index (χ4v) is 2.09. The lowest BCUT2D eigenvalue weighted by atomic mass is 10.2. The molecule has 1 rings (SSSR count). The minimum Gasteiger partial charge on any atom is -0.464 e. The molecule has 1 heterocycles. The zero-order valence-electron chi connectivity index (χ0n) is 11.8. The number of carbonyl (C=O) groups excluding carboxylic acids is 3. The molecule has 116 valence electrons. The van der Waals surface area contributed by atoms with Gasteiger partial charge < -0.3 is 20.7 Å². The molecule has 1 aliphatic rings. The largest absolute Gasteiger partial charge is 0.464 e. The molecule has 2 atom stereocenters. The number of hydrogen-bond donors (Lipinski definition) is 2. The van der Waals surface area contributed by atoms with Gasteiger partial charge in [-0.25, -0.2) is 4.79 Å². The smallest absolute Gasteiger partial charge is 0.328 e.